The van der Waals surface area contributed by atoms with Crippen molar-refractivity contribution in [2.24, 2.45) is 0 Å². The molecular formula is C16H22F3NO. The molecule has 21 heavy (non-hydrogen) atoms. The molecule has 0 bridgehead atoms. The predicted octanol–water partition coefficient (Wildman–Crippen LogP) is 4.40. The SMILES string of the molecule is CC(CNC1CCCCC1)Oc1ccc(C(F)(F)F)cc1. The number of rotatable bonds is 5. The molecular weight excluding hydrogens is 279 g/mol. The number of benzene rings is 1. The first-order chi connectivity index (χ1) is 9.95. The van der Waals surface area contributed by atoms with Gasteiger partial charge in [-0.3, -0.25) is 0 Å². The highest BCUT2D eigenvalue weighted by Crippen LogP contribution is 2.30. The monoisotopic (exact) mass is 301 g/mol. The standard InChI is InChI=1S/C16H22F3NO/c1-12(11-20-14-5-3-2-4-6-14)21-15-9-7-13(8-10-15)16(17,18)19/h7-10,12,14,20H,2-6,11H2,1H3. The van der Waals surface area contributed by atoms with Crippen LogP contribution in [0.25, 0.3) is 0 Å². The van der Waals surface area contributed by atoms with Crippen molar-refractivity contribution in [2.45, 2.75) is 57.3 Å². The summed E-state index contributed by atoms with van der Waals surface area (Å²) in [5, 5.41) is 3.47. The van der Waals surface area contributed by atoms with Gasteiger partial charge >= 0.3 is 6.18 Å². The van der Waals surface area contributed by atoms with Gasteiger partial charge in [-0.1, -0.05) is 19.3 Å². The Bertz CT molecular complexity index is 424. The zero-order valence-corrected chi connectivity index (χ0v) is 12.2. The Kier molecular flexibility index (Phi) is 5.51. The van der Waals surface area contributed by atoms with E-state index in [0.717, 1.165) is 12.1 Å². The van der Waals surface area contributed by atoms with E-state index in [2.05, 4.69) is 5.32 Å². The lowest BCUT2D eigenvalue weighted by molar-refractivity contribution is -0.137. The van der Waals surface area contributed by atoms with Crippen LogP contribution in [-0.4, -0.2) is 18.7 Å². The minimum absolute atomic E-state index is 0.0661. The molecule has 1 unspecified atom stereocenters. The van der Waals surface area contributed by atoms with Crippen LogP contribution in [0.4, 0.5) is 13.2 Å². The fraction of sp³-hybridized carbons (Fsp3) is 0.625. The van der Waals surface area contributed by atoms with Crippen LogP contribution >= 0.6 is 0 Å². The van der Waals surface area contributed by atoms with Crippen molar-refractivity contribution in [1.82, 2.24) is 5.32 Å². The maximum Gasteiger partial charge on any atom is 0.416 e. The first kappa shape index (κ1) is 16.1. The predicted molar refractivity (Wildman–Crippen MR) is 76.4 cm³/mol. The molecule has 0 aliphatic heterocycles. The molecule has 0 amide bonds. The molecule has 1 aliphatic rings. The average Bonchev–Trinajstić information content (AvgIpc) is 2.46. The lowest BCUT2D eigenvalue weighted by atomic mass is 9.95. The number of hydrogen-bond acceptors (Lipinski definition) is 2. The van der Waals surface area contributed by atoms with Crippen molar-refractivity contribution in [2.75, 3.05) is 6.54 Å². The number of hydrogen-bond donors (Lipinski definition) is 1. The largest absolute Gasteiger partial charge is 0.489 e. The van der Waals surface area contributed by atoms with E-state index in [4.69, 9.17) is 4.74 Å². The van der Waals surface area contributed by atoms with Crippen LogP contribution in [0.5, 0.6) is 5.75 Å². The Labute approximate surface area is 123 Å². The van der Waals surface area contributed by atoms with Gasteiger partial charge in [-0.2, -0.15) is 13.2 Å². The zero-order valence-electron chi connectivity index (χ0n) is 12.2. The highest BCUT2D eigenvalue weighted by atomic mass is 19.4. The van der Waals surface area contributed by atoms with Crippen molar-refractivity contribution in [1.29, 1.82) is 0 Å². The van der Waals surface area contributed by atoms with Crippen molar-refractivity contribution in [3.05, 3.63) is 29.8 Å². The summed E-state index contributed by atoms with van der Waals surface area (Å²) >= 11 is 0. The molecule has 118 valence electrons. The van der Waals surface area contributed by atoms with Gasteiger partial charge in [0, 0.05) is 12.6 Å². The molecule has 1 fully saturated rings. The molecule has 2 rings (SSSR count). The topological polar surface area (TPSA) is 21.3 Å². The Balaban J connectivity index is 1.78. The van der Waals surface area contributed by atoms with Crippen molar-refractivity contribution >= 4 is 0 Å². The summed E-state index contributed by atoms with van der Waals surface area (Å²) in [4.78, 5) is 0. The smallest absolute Gasteiger partial charge is 0.416 e. The summed E-state index contributed by atoms with van der Waals surface area (Å²) in [5.74, 6) is 0.473. The lowest BCUT2D eigenvalue weighted by Gasteiger charge is -2.25. The van der Waals surface area contributed by atoms with E-state index in [1.807, 2.05) is 6.92 Å². The van der Waals surface area contributed by atoms with Crippen LogP contribution in [0.2, 0.25) is 0 Å². The Morgan fingerprint density at radius 3 is 2.33 bits per heavy atom. The van der Waals surface area contributed by atoms with Gasteiger partial charge in [-0.05, 0) is 44.0 Å². The van der Waals surface area contributed by atoms with Crippen LogP contribution in [0.3, 0.4) is 0 Å². The molecule has 1 aliphatic carbocycles. The Morgan fingerprint density at radius 2 is 1.76 bits per heavy atom. The molecule has 2 nitrogen and oxygen atoms in total. The second-order valence-corrected chi connectivity index (χ2v) is 5.69. The Hall–Kier alpha value is -1.23. The van der Waals surface area contributed by atoms with E-state index in [1.54, 1.807) is 0 Å². The molecule has 1 atom stereocenters. The summed E-state index contributed by atoms with van der Waals surface area (Å²) < 4.78 is 43.0. The summed E-state index contributed by atoms with van der Waals surface area (Å²) in [7, 11) is 0. The summed E-state index contributed by atoms with van der Waals surface area (Å²) in [5.41, 5.74) is -0.650. The number of nitrogens with one attached hydrogen (secondary N) is 1. The molecule has 0 saturated heterocycles. The minimum Gasteiger partial charge on any atom is -0.489 e. The summed E-state index contributed by atoms with van der Waals surface area (Å²) in [6, 6.07) is 5.41. The van der Waals surface area contributed by atoms with E-state index >= 15 is 0 Å². The number of alkyl halides is 3. The first-order valence-electron chi connectivity index (χ1n) is 7.52. The van der Waals surface area contributed by atoms with Crippen LogP contribution in [0.15, 0.2) is 24.3 Å². The molecule has 5 heteroatoms. The van der Waals surface area contributed by atoms with Crippen LogP contribution < -0.4 is 10.1 Å². The summed E-state index contributed by atoms with van der Waals surface area (Å²) in [6.07, 6.45) is 1.89. The third kappa shape index (κ3) is 5.23. The van der Waals surface area contributed by atoms with E-state index in [1.165, 1.54) is 44.2 Å². The fourth-order valence-corrected chi connectivity index (χ4v) is 2.64. The van der Waals surface area contributed by atoms with Gasteiger partial charge in [-0.15, -0.1) is 0 Å². The van der Waals surface area contributed by atoms with Gasteiger partial charge < -0.3 is 10.1 Å². The summed E-state index contributed by atoms with van der Waals surface area (Å²) in [6.45, 7) is 2.64. The number of halogens is 3. The molecule has 1 aromatic carbocycles. The maximum atomic E-state index is 12.5. The number of ether oxygens (including phenoxy) is 1. The first-order valence-corrected chi connectivity index (χ1v) is 7.52. The average molecular weight is 301 g/mol. The quantitative estimate of drug-likeness (QED) is 0.870. The molecule has 1 N–H and O–H groups in total. The molecule has 0 heterocycles. The van der Waals surface area contributed by atoms with Gasteiger partial charge in [0.15, 0.2) is 0 Å². The fourth-order valence-electron chi connectivity index (χ4n) is 2.64. The molecule has 1 aromatic rings. The van der Waals surface area contributed by atoms with E-state index < -0.39 is 11.7 Å². The van der Waals surface area contributed by atoms with Crippen LogP contribution in [-0.2, 0) is 6.18 Å². The van der Waals surface area contributed by atoms with Gasteiger partial charge in [0.05, 0.1) is 5.56 Å². The normalized spacial score (nSPS) is 18.5. The van der Waals surface area contributed by atoms with Crippen molar-refractivity contribution in [3.8, 4) is 5.75 Å². The third-order valence-corrected chi connectivity index (χ3v) is 3.82. The minimum atomic E-state index is -4.30. The van der Waals surface area contributed by atoms with E-state index in [-0.39, 0.29) is 6.10 Å². The maximum absolute atomic E-state index is 12.5. The van der Waals surface area contributed by atoms with Gasteiger partial charge in [-0.25, -0.2) is 0 Å². The highest BCUT2D eigenvalue weighted by molar-refractivity contribution is 5.29. The third-order valence-electron chi connectivity index (χ3n) is 3.82. The van der Waals surface area contributed by atoms with E-state index in [9.17, 15) is 13.2 Å². The van der Waals surface area contributed by atoms with E-state index in [0.29, 0.717) is 18.3 Å². The second-order valence-electron chi connectivity index (χ2n) is 5.69. The molecule has 0 spiro atoms. The van der Waals surface area contributed by atoms with Crippen LogP contribution in [0, 0.1) is 0 Å². The molecule has 0 aromatic heterocycles. The lowest BCUT2D eigenvalue weighted by Crippen LogP contribution is -2.37. The van der Waals surface area contributed by atoms with Crippen LogP contribution in [0.1, 0.15) is 44.6 Å². The van der Waals surface area contributed by atoms with Crippen molar-refractivity contribution in [3.63, 3.8) is 0 Å². The van der Waals surface area contributed by atoms with Crippen molar-refractivity contribution < 1.29 is 17.9 Å². The molecule has 0 radical (unpaired) electrons. The highest BCUT2D eigenvalue weighted by Gasteiger charge is 2.30. The zero-order chi connectivity index (χ0) is 15.3. The molecule has 1 saturated carbocycles. The second kappa shape index (κ2) is 7.16. The van der Waals surface area contributed by atoms with Gasteiger partial charge in [0.2, 0.25) is 0 Å². The van der Waals surface area contributed by atoms with Gasteiger partial charge in [0.25, 0.3) is 0 Å². The Morgan fingerprint density at radius 1 is 1.14 bits per heavy atom. The van der Waals surface area contributed by atoms with Gasteiger partial charge in [0.1, 0.15) is 11.9 Å².